The van der Waals surface area contributed by atoms with Crippen molar-refractivity contribution in [1.82, 2.24) is 5.32 Å². The van der Waals surface area contributed by atoms with Crippen molar-refractivity contribution >= 4 is 23.5 Å². The molecule has 0 aromatic heterocycles. The predicted molar refractivity (Wildman–Crippen MR) is 89.2 cm³/mol. The molecule has 0 bridgehead atoms. The first-order valence-electron chi connectivity index (χ1n) is 7.30. The van der Waals surface area contributed by atoms with Crippen LogP contribution in [0.3, 0.4) is 0 Å². The number of hydrogen-bond donors (Lipinski definition) is 2. The average molecular weight is 360 g/mol. The van der Waals surface area contributed by atoms with Crippen LogP contribution in [0.5, 0.6) is 11.5 Å². The van der Waals surface area contributed by atoms with Gasteiger partial charge in [-0.05, 0) is 26.0 Å². The summed E-state index contributed by atoms with van der Waals surface area (Å²) < 4.78 is 15.6. The van der Waals surface area contributed by atoms with Crippen LogP contribution in [0.15, 0.2) is 12.1 Å². The maximum Gasteiger partial charge on any atom is 0.305 e. The van der Waals surface area contributed by atoms with E-state index in [1.165, 1.54) is 26.4 Å². The van der Waals surface area contributed by atoms with Crippen molar-refractivity contribution in [3.63, 3.8) is 0 Å². The van der Waals surface area contributed by atoms with Gasteiger partial charge in [0.15, 0.2) is 11.5 Å². The molecule has 0 heterocycles. The maximum absolute atomic E-state index is 12.5. The molecule has 0 saturated carbocycles. The van der Waals surface area contributed by atoms with E-state index in [9.17, 15) is 9.59 Å². The summed E-state index contributed by atoms with van der Waals surface area (Å²) in [7, 11) is 2.87. The smallest absolute Gasteiger partial charge is 0.305 e. The van der Waals surface area contributed by atoms with Gasteiger partial charge < -0.3 is 24.6 Å². The SMILES string of the molecule is CCOc1c(Cl)cc(C(=O)NC(C)(COC)CC(=O)O)cc1OC. The van der Waals surface area contributed by atoms with Crippen LogP contribution in [0.2, 0.25) is 5.02 Å². The Morgan fingerprint density at radius 2 is 2.00 bits per heavy atom. The van der Waals surface area contributed by atoms with E-state index < -0.39 is 17.4 Å². The summed E-state index contributed by atoms with van der Waals surface area (Å²) in [6, 6.07) is 2.93. The summed E-state index contributed by atoms with van der Waals surface area (Å²) in [5.41, 5.74) is -0.830. The minimum Gasteiger partial charge on any atom is -0.493 e. The second-order valence-electron chi connectivity index (χ2n) is 5.44. The lowest BCUT2D eigenvalue weighted by Crippen LogP contribution is -2.50. The maximum atomic E-state index is 12.5. The van der Waals surface area contributed by atoms with Crippen molar-refractivity contribution < 1.29 is 28.9 Å². The standard InChI is InChI=1S/C16H22ClNO6/c1-5-24-14-11(17)6-10(7-12(14)23-4)15(21)18-16(2,9-22-3)8-13(19)20/h6-7H,5,8-9H2,1-4H3,(H,18,21)(H,19,20). The number of rotatable bonds is 9. The third kappa shape index (κ3) is 5.28. The Morgan fingerprint density at radius 3 is 2.50 bits per heavy atom. The van der Waals surface area contributed by atoms with Gasteiger partial charge >= 0.3 is 5.97 Å². The zero-order valence-electron chi connectivity index (χ0n) is 14.1. The lowest BCUT2D eigenvalue weighted by molar-refractivity contribution is -0.139. The van der Waals surface area contributed by atoms with E-state index in [4.69, 9.17) is 30.9 Å². The molecule has 134 valence electrons. The largest absolute Gasteiger partial charge is 0.493 e. The molecule has 1 amide bonds. The van der Waals surface area contributed by atoms with Crippen molar-refractivity contribution in [2.24, 2.45) is 0 Å². The molecular formula is C16H22ClNO6. The van der Waals surface area contributed by atoms with Gasteiger partial charge in [-0.2, -0.15) is 0 Å². The summed E-state index contributed by atoms with van der Waals surface area (Å²) in [5.74, 6) is -0.860. The van der Waals surface area contributed by atoms with Gasteiger partial charge in [-0.3, -0.25) is 9.59 Å². The van der Waals surface area contributed by atoms with Crippen LogP contribution in [-0.4, -0.2) is 50.0 Å². The normalized spacial score (nSPS) is 13.0. The number of nitrogens with one attached hydrogen (secondary N) is 1. The van der Waals surface area contributed by atoms with E-state index in [0.717, 1.165) is 0 Å². The highest BCUT2D eigenvalue weighted by Crippen LogP contribution is 2.36. The minimum atomic E-state index is -1.06. The number of amides is 1. The summed E-state index contributed by atoms with van der Waals surface area (Å²) in [5, 5.41) is 11.9. The van der Waals surface area contributed by atoms with Crippen molar-refractivity contribution in [2.75, 3.05) is 27.4 Å². The molecule has 0 aliphatic carbocycles. The number of benzene rings is 1. The fourth-order valence-corrected chi connectivity index (χ4v) is 2.53. The quantitative estimate of drug-likeness (QED) is 0.703. The molecule has 1 aromatic carbocycles. The van der Waals surface area contributed by atoms with Gasteiger partial charge in [0.2, 0.25) is 0 Å². The van der Waals surface area contributed by atoms with Crippen molar-refractivity contribution in [3.8, 4) is 11.5 Å². The third-order valence-corrected chi connectivity index (χ3v) is 3.48. The highest BCUT2D eigenvalue weighted by Gasteiger charge is 2.30. The molecular weight excluding hydrogens is 338 g/mol. The van der Waals surface area contributed by atoms with Crippen LogP contribution in [0, 0.1) is 0 Å². The van der Waals surface area contributed by atoms with E-state index in [1.807, 2.05) is 0 Å². The first kappa shape index (κ1) is 20.1. The Hall–Kier alpha value is -1.99. The number of halogens is 1. The average Bonchev–Trinajstić information content (AvgIpc) is 2.48. The van der Waals surface area contributed by atoms with Crippen LogP contribution in [0.25, 0.3) is 0 Å². The Labute approximate surface area is 145 Å². The molecule has 8 heteroatoms. The molecule has 0 aliphatic rings. The summed E-state index contributed by atoms with van der Waals surface area (Å²) >= 11 is 6.15. The fourth-order valence-electron chi connectivity index (χ4n) is 2.27. The molecule has 0 aliphatic heterocycles. The zero-order chi connectivity index (χ0) is 18.3. The molecule has 7 nitrogen and oxygen atoms in total. The van der Waals surface area contributed by atoms with Crippen LogP contribution >= 0.6 is 11.6 Å². The van der Waals surface area contributed by atoms with E-state index in [1.54, 1.807) is 13.8 Å². The summed E-state index contributed by atoms with van der Waals surface area (Å²) in [6.07, 6.45) is -0.283. The van der Waals surface area contributed by atoms with E-state index in [2.05, 4.69) is 5.32 Å². The number of carbonyl (C=O) groups is 2. The van der Waals surface area contributed by atoms with Crippen LogP contribution in [0.1, 0.15) is 30.6 Å². The highest BCUT2D eigenvalue weighted by molar-refractivity contribution is 6.32. The van der Waals surface area contributed by atoms with Crippen LogP contribution in [0.4, 0.5) is 0 Å². The van der Waals surface area contributed by atoms with Gasteiger partial charge in [-0.15, -0.1) is 0 Å². The minimum absolute atomic E-state index is 0.0485. The molecule has 24 heavy (non-hydrogen) atoms. The molecule has 0 fully saturated rings. The van der Waals surface area contributed by atoms with Gasteiger partial charge in [0.05, 0.1) is 37.3 Å². The number of carbonyl (C=O) groups excluding carboxylic acids is 1. The van der Waals surface area contributed by atoms with Crippen LogP contribution in [-0.2, 0) is 9.53 Å². The molecule has 1 aromatic rings. The topological polar surface area (TPSA) is 94.1 Å². The first-order valence-corrected chi connectivity index (χ1v) is 7.67. The molecule has 2 N–H and O–H groups in total. The third-order valence-electron chi connectivity index (χ3n) is 3.20. The molecule has 0 spiro atoms. The molecule has 0 saturated heterocycles. The van der Waals surface area contributed by atoms with Gasteiger partial charge in [-0.25, -0.2) is 0 Å². The van der Waals surface area contributed by atoms with E-state index in [-0.39, 0.29) is 23.6 Å². The second-order valence-corrected chi connectivity index (χ2v) is 5.85. The number of hydrogen-bond acceptors (Lipinski definition) is 5. The predicted octanol–water partition coefficient (Wildman–Crippen LogP) is 2.36. The Kier molecular flexibility index (Phi) is 7.31. The van der Waals surface area contributed by atoms with Crippen molar-refractivity contribution in [1.29, 1.82) is 0 Å². The van der Waals surface area contributed by atoms with Crippen molar-refractivity contribution in [3.05, 3.63) is 22.7 Å². The van der Waals surface area contributed by atoms with Crippen molar-refractivity contribution in [2.45, 2.75) is 25.8 Å². The highest BCUT2D eigenvalue weighted by atomic mass is 35.5. The molecule has 0 radical (unpaired) electrons. The first-order chi connectivity index (χ1) is 11.3. The summed E-state index contributed by atoms with van der Waals surface area (Å²) in [4.78, 5) is 23.5. The van der Waals surface area contributed by atoms with Gasteiger partial charge in [0.1, 0.15) is 0 Å². The second kappa shape index (κ2) is 8.75. The number of methoxy groups -OCH3 is 2. The molecule has 1 rings (SSSR count). The Bertz CT molecular complexity index is 606. The number of ether oxygens (including phenoxy) is 3. The lowest BCUT2D eigenvalue weighted by atomic mass is 9.98. The Morgan fingerprint density at radius 1 is 1.33 bits per heavy atom. The Balaban J connectivity index is 3.09. The molecule has 1 atom stereocenters. The number of carboxylic acid groups (broad SMARTS) is 1. The van der Waals surface area contributed by atoms with Gasteiger partial charge in [0, 0.05) is 12.7 Å². The molecule has 1 unspecified atom stereocenters. The van der Waals surface area contributed by atoms with E-state index in [0.29, 0.717) is 18.1 Å². The van der Waals surface area contributed by atoms with Gasteiger partial charge in [-0.1, -0.05) is 11.6 Å². The van der Waals surface area contributed by atoms with Crippen LogP contribution < -0.4 is 14.8 Å². The lowest BCUT2D eigenvalue weighted by Gasteiger charge is -2.28. The van der Waals surface area contributed by atoms with E-state index >= 15 is 0 Å². The number of aliphatic carboxylic acids is 1. The zero-order valence-corrected chi connectivity index (χ0v) is 14.9. The number of carboxylic acids is 1. The fraction of sp³-hybridized carbons (Fsp3) is 0.500. The monoisotopic (exact) mass is 359 g/mol. The van der Waals surface area contributed by atoms with Gasteiger partial charge in [0.25, 0.3) is 5.91 Å². The summed E-state index contributed by atoms with van der Waals surface area (Å²) in [6.45, 7) is 3.84.